The Hall–Kier alpha value is -2.81. The third-order valence-electron chi connectivity index (χ3n) is 3.94. The van der Waals surface area contributed by atoms with Crippen LogP contribution in [0.25, 0.3) is 27.5 Å². The summed E-state index contributed by atoms with van der Waals surface area (Å²) in [6, 6.07) is 17.8. The summed E-state index contributed by atoms with van der Waals surface area (Å²) in [5.74, 6) is 0. The molecule has 3 nitrogen and oxygen atoms in total. The lowest BCUT2D eigenvalue weighted by molar-refractivity contribution is 0.927. The quantitative estimate of drug-likeness (QED) is 0.522. The SMILES string of the molecule is Cn1cc(-n2ccc3ccccc32)c(=O)c2ccccc21. The normalized spacial score (nSPS) is 11.3. The Morgan fingerprint density at radius 2 is 1.57 bits per heavy atom. The standard InChI is InChI=1S/C18H14N2O/c1-19-12-17(18(21)14-7-3-5-9-16(14)19)20-11-10-13-6-2-4-8-15(13)20/h2-12H,1H3. The third-order valence-corrected chi connectivity index (χ3v) is 3.94. The molecule has 4 rings (SSSR count). The minimum Gasteiger partial charge on any atom is -0.348 e. The topological polar surface area (TPSA) is 26.9 Å². The molecule has 0 aliphatic rings. The number of benzene rings is 2. The average molecular weight is 274 g/mol. The zero-order chi connectivity index (χ0) is 14.4. The Morgan fingerprint density at radius 1 is 0.857 bits per heavy atom. The van der Waals surface area contributed by atoms with Gasteiger partial charge in [-0.3, -0.25) is 4.79 Å². The van der Waals surface area contributed by atoms with Crippen LogP contribution in [0.2, 0.25) is 0 Å². The van der Waals surface area contributed by atoms with Crippen LogP contribution in [0.3, 0.4) is 0 Å². The molecular formula is C18H14N2O. The van der Waals surface area contributed by atoms with E-state index in [1.54, 1.807) is 0 Å². The van der Waals surface area contributed by atoms with Crippen LogP contribution in [0, 0.1) is 0 Å². The van der Waals surface area contributed by atoms with E-state index in [0.717, 1.165) is 21.8 Å². The molecule has 0 aliphatic carbocycles. The van der Waals surface area contributed by atoms with Gasteiger partial charge in [-0.2, -0.15) is 0 Å². The molecular weight excluding hydrogens is 260 g/mol. The fourth-order valence-electron chi connectivity index (χ4n) is 2.89. The molecule has 2 aromatic carbocycles. The van der Waals surface area contributed by atoms with Crippen molar-refractivity contribution >= 4 is 21.8 Å². The van der Waals surface area contributed by atoms with E-state index in [1.165, 1.54) is 0 Å². The number of nitrogens with zero attached hydrogens (tertiary/aromatic N) is 2. The number of aryl methyl sites for hydroxylation is 1. The molecule has 4 aromatic rings. The summed E-state index contributed by atoms with van der Waals surface area (Å²) in [6.45, 7) is 0. The number of fused-ring (bicyclic) bond motifs is 2. The summed E-state index contributed by atoms with van der Waals surface area (Å²) in [7, 11) is 1.97. The second kappa shape index (κ2) is 4.35. The zero-order valence-electron chi connectivity index (χ0n) is 11.7. The van der Waals surface area contributed by atoms with Crippen molar-refractivity contribution in [3.8, 4) is 5.69 Å². The number of hydrogen-bond acceptors (Lipinski definition) is 1. The maximum absolute atomic E-state index is 12.8. The predicted molar refractivity (Wildman–Crippen MR) is 86.0 cm³/mol. The van der Waals surface area contributed by atoms with E-state index in [-0.39, 0.29) is 5.43 Å². The van der Waals surface area contributed by atoms with E-state index in [9.17, 15) is 4.79 Å². The largest absolute Gasteiger partial charge is 0.348 e. The van der Waals surface area contributed by atoms with Crippen LogP contribution in [-0.2, 0) is 7.05 Å². The second-order valence-corrected chi connectivity index (χ2v) is 5.22. The van der Waals surface area contributed by atoms with Crippen molar-refractivity contribution in [2.75, 3.05) is 0 Å². The summed E-state index contributed by atoms with van der Waals surface area (Å²) in [4.78, 5) is 12.8. The highest BCUT2D eigenvalue weighted by molar-refractivity contribution is 5.84. The van der Waals surface area contributed by atoms with E-state index in [2.05, 4.69) is 6.07 Å². The first-order valence-corrected chi connectivity index (χ1v) is 6.90. The van der Waals surface area contributed by atoms with Gasteiger partial charge in [-0.1, -0.05) is 30.3 Å². The van der Waals surface area contributed by atoms with E-state index in [4.69, 9.17) is 0 Å². The monoisotopic (exact) mass is 274 g/mol. The van der Waals surface area contributed by atoms with Gasteiger partial charge in [-0.05, 0) is 29.7 Å². The van der Waals surface area contributed by atoms with Gasteiger partial charge in [0.2, 0.25) is 5.43 Å². The third kappa shape index (κ3) is 1.71. The highest BCUT2D eigenvalue weighted by atomic mass is 16.1. The molecule has 0 atom stereocenters. The van der Waals surface area contributed by atoms with Gasteiger partial charge < -0.3 is 9.13 Å². The van der Waals surface area contributed by atoms with Gasteiger partial charge in [-0.15, -0.1) is 0 Å². The van der Waals surface area contributed by atoms with Crippen LogP contribution in [0.5, 0.6) is 0 Å². The van der Waals surface area contributed by atoms with Gasteiger partial charge in [0.25, 0.3) is 0 Å². The van der Waals surface area contributed by atoms with Crippen molar-refractivity contribution in [2.24, 2.45) is 7.05 Å². The molecule has 102 valence electrons. The molecule has 0 amide bonds. The Morgan fingerprint density at radius 3 is 2.43 bits per heavy atom. The summed E-state index contributed by atoms with van der Waals surface area (Å²) in [5.41, 5.74) is 2.73. The fraction of sp³-hybridized carbons (Fsp3) is 0.0556. The predicted octanol–water partition coefficient (Wildman–Crippen LogP) is 3.48. The van der Waals surface area contributed by atoms with Crippen molar-refractivity contribution < 1.29 is 0 Å². The molecule has 0 saturated carbocycles. The number of para-hydroxylation sites is 2. The van der Waals surface area contributed by atoms with Crippen LogP contribution in [0.15, 0.2) is 71.8 Å². The molecule has 2 aromatic heterocycles. The molecule has 0 saturated heterocycles. The Balaban J connectivity index is 2.12. The molecule has 0 radical (unpaired) electrons. The number of aromatic nitrogens is 2. The summed E-state index contributed by atoms with van der Waals surface area (Å²) >= 11 is 0. The van der Waals surface area contributed by atoms with Crippen LogP contribution >= 0.6 is 0 Å². The number of pyridine rings is 1. The van der Waals surface area contributed by atoms with Gasteiger partial charge in [0.15, 0.2) is 0 Å². The highest BCUT2D eigenvalue weighted by Gasteiger charge is 2.10. The molecule has 3 heteroatoms. The minimum absolute atomic E-state index is 0.0602. The summed E-state index contributed by atoms with van der Waals surface area (Å²) < 4.78 is 3.96. The Kier molecular flexibility index (Phi) is 2.48. The lowest BCUT2D eigenvalue weighted by atomic mass is 10.2. The molecule has 0 aliphatic heterocycles. The first-order valence-electron chi connectivity index (χ1n) is 6.90. The maximum atomic E-state index is 12.8. The van der Waals surface area contributed by atoms with Gasteiger partial charge in [0.1, 0.15) is 5.69 Å². The molecule has 0 spiro atoms. The van der Waals surface area contributed by atoms with Gasteiger partial charge in [-0.25, -0.2) is 0 Å². The smallest absolute Gasteiger partial charge is 0.213 e. The second-order valence-electron chi connectivity index (χ2n) is 5.22. The summed E-state index contributed by atoms with van der Waals surface area (Å²) in [6.07, 6.45) is 3.85. The lowest BCUT2D eigenvalue weighted by Gasteiger charge is -2.10. The Labute approximate surface area is 121 Å². The number of hydrogen-bond donors (Lipinski definition) is 0. The van der Waals surface area contributed by atoms with Crippen molar-refractivity contribution in [2.45, 2.75) is 0 Å². The maximum Gasteiger partial charge on any atom is 0.213 e. The highest BCUT2D eigenvalue weighted by Crippen LogP contribution is 2.20. The minimum atomic E-state index is 0.0602. The van der Waals surface area contributed by atoms with E-state index < -0.39 is 0 Å². The van der Waals surface area contributed by atoms with Crippen molar-refractivity contribution in [1.29, 1.82) is 0 Å². The molecule has 0 N–H and O–H groups in total. The number of rotatable bonds is 1. The van der Waals surface area contributed by atoms with E-state index in [0.29, 0.717) is 5.69 Å². The van der Waals surface area contributed by atoms with Gasteiger partial charge in [0, 0.05) is 24.8 Å². The lowest BCUT2D eigenvalue weighted by Crippen LogP contribution is -2.14. The van der Waals surface area contributed by atoms with E-state index in [1.807, 2.05) is 77.1 Å². The van der Waals surface area contributed by atoms with Crippen LogP contribution in [0.4, 0.5) is 0 Å². The summed E-state index contributed by atoms with van der Waals surface area (Å²) in [5, 5.41) is 1.88. The molecule has 0 bridgehead atoms. The average Bonchev–Trinajstić information content (AvgIpc) is 2.95. The molecule has 0 fully saturated rings. The Bertz CT molecular complexity index is 1020. The van der Waals surface area contributed by atoms with Crippen molar-refractivity contribution in [3.05, 3.63) is 77.2 Å². The molecule has 0 unspecified atom stereocenters. The van der Waals surface area contributed by atoms with Crippen LogP contribution in [-0.4, -0.2) is 9.13 Å². The van der Waals surface area contributed by atoms with E-state index >= 15 is 0 Å². The van der Waals surface area contributed by atoms with Crippen molar-refractivity contribution in [3.63, 3.8) is 0 Å². The van der Waals surface area contributed by atoms with Crippen LogP contribution in [0.1, 0.15) is 0 Å². The first kappa shape index (κ1) is 12.0. The molecule has 2 heterocycles. The van der Waals surface area contributed by atoms with Gasteiger partial charge in [0.05, 0.1) is 11.0 Å². The zero-order valence-corrected chi connectivity index (χ0v) is 11.7. The van der Waals surface area contributed by atoms with Gasteiger partial charge >= 0.3 is 0 Å². The molecule has 21 heavy (non-hydrogen) atoms. The fourth-order valence-corrected chi connectivity index (χ4v) is 2.89. The first-order chi connectivity index (χ1) is 10.3. The van der Waals surface area contributed by atoms with Crippen molar-refractivity contribution in [1.82, 2.24) is 9.13 Å². The van der Waals surface area contributed by atoms with Crippen LogP contribution < -0.4 is 5.43 Å².